The van der Waals surface area contributed by atoms with Crippen LogP contribution in [0.5, 0.6) is 0 Å². The van der Waals surface area contributed by atoms with Crippen LogP contribution in [0.15, 0.2) is 48.5 Å². The first kappa shape index (κ1) is 15.7. The number of nitrogens with zero attached hydrogens (tertiary/aromatic N) is 3. The van der Waals surface area contributed by atoms with Gasteiger partial charge in [0.25, 0.3) is 0 Å². The average molecular weight is 334 g/mol. The molecular formula is C20H22N4O. The Kier molecular flexibility index (Phi) is 4.14. The van der Waals surface area contributed by atoms with Crippen molar-refractivity contribution in [2.24, 2.45) is 0 Å². The highest BCUT2D eigenvalue weighted by Crippen LogP contribution is 2.27. The maximum absolute atomic E-state index is 12.4. The summed E-state index contributed by atoms with van der Waals surface area (Å²) in [6, 6.07) is 16.3. The molecule has 1 aliphatic heterocycles. The lowest BCUT2D eigenvalue weighted by molar-refractivity contribution is 0.246. The van der Waals surface area contributed by atoms with Gasteiger partial charge in [0.15, 0.2) is 0 Å². The fourth-order valence-corrected chi connectivity index (χ4v) is 3.56. The standard InChI is InChI=1S/C20H22N4O/c1-15-22-17-8-3-5-10-19(17)23(15)13-6-12-21-20(25)24-14-11-16-7-2-4-9-18(16)24/h2-5,7-10H,6,11-14H2,1H3,(H,21,25). The van der Waals surface area contributed by atoms with Gasteiger partial charge in [-0.05, 0) is 43.5 Å². The molecule has 2 amide bonds. The molecule has 0 spiro atoms. The smallest absolute Gasteiger partial charge is 0.321 e. The number of amides is 2. The zero-order chi connectivity index (χ0) is 17.2. The highest BCUT2D eigenvalue weighted by atomic mass is 16.2. The molecule has 4 rings (SSSR count). The number of imidazole rings is 1. The van der Waals surface area contributed by atoms with Crippen molar-refractivity contribution in [3.05, 3.63) is 59.9 Å². The third-order valence-corrected chi connectivity index (χ3v) is 4.81. The van der Waals surface area contributed by atoms with E-state index >= 15 is 0 Å². The maximum atomic E-state index is 12.4. The number of aryl methyl sites for hydroxylation is 2. The van der Waals surface area contributed by atoms with Gasteiger partial charge < -0.3 is 9.88 Å². The Balaban J connectivity index is 1.34. The number of carbonyl (C=O) groups excluding carboxylic acids is 1. The molecule has 3 aromatic rings. The van der Waals surface area contributed by atoms with Crippen molar-refractivity contribution in [3.63, 3.8) is 0 Å². The van der Waals surface area contributed by atoms with Crippen LogP contribution in [0, 0.1) is 6.92 Å². The van der Waals surface area contributed by atoms with Gasteiger partial charge in [-0.3, -0.25) is 4.90 Å². The van der Waals surface area contributed by atoms with Gasteiger partial charge >= 0.3 is 6.03 Å². The molecular weight excluding hydrogens is 312 g/mol. The Labute approximate surface area is 147 Å². The molecule has 2 heterocycles. The number of aromatic nitrogens is 2. The molecule has 1 N–H and O–H groups in total. The summed E-state index contributed by atoms with van der Waals surface area (Å²) in [5, 5.41) is 3.05. The number of anilines is 1. The third-order valence-electron chi connectivity index (χ3n) is 4.81. The Morgan fingerprint density at radius 3 is 2.88 bits per heavy atom. The minimum Gasteiger partial charge on any atom is -0.338 e. The molecule has 0 unspecified atom stereocenters. The van der Waals surface area contributed by atoms with Crippen LogP contribution in [0.4, 0.5) is 10.5 Å². The number of hydrogen-bond donors (Lipinski definition) is 1. The van der Waals surface area contributed by atoms with E-state index in [1.54, 1.807) is 0 Å². The van der Waals surface area contributed by atoms with Crippen LogP contribution in [-0.2, 0) is 13.0 Å². The minimum absolute atomic E-state index is 0.00263. The van der Waals surface area contributed by atoms with E-state index < -0.39 is 0 Å². The second kappa shape index (κ2) is 6.59. The van der Waals surface area contributed by atoms with Gasteiger partial charge in [-0.2, -0.15) is 0 Å². The topological polar surface area (TPSA) is 50.2 Å². The second-order valence-electron chi connectivity index (χ2n) is 6.42. The number of benzene rings is 2. The Hall–Kier alpha value is -2.82. The molecule has 0 radical (unpaired) electrons. The van der Waals surface area contributed by atoms with E-state index in [9.17, 15) is 4.79 Å². The Morgan fingerprint density at radius 1 is 1.16 bits per heavy atom. The van der Waals surface area contributed by atoms with E-state index in [4.69, 9.17) is 0 Å². The van der Waals surface area contributed by atoms with Gasteiger partial charge in [0.05, 0.1) is 11.0 Å². The van der Waals surface area contributed by atoms with E-state index in [1.807, 2.05) is 48.2 Å². The molecule has 2 aromatic carbocycles. The maximum Gasteiger partial charge on any atom is 0.321 e. The SMILES string of the molecule is Cc1nc2ccccc2n1CCCNC(=O)N1CCc2ccccc21. The van der Waals surface area contributed by atoms with Gasteiger partial charge in [-0.15, -0.1) is 0 Å². The predicted molar refractivity (Wildman–Crippen MR) is 100.0 cm³/mol. The summed E-state index contributed by atoms with van der Waals surface area (Å²) in [5.41, 5.74) is 4.46. The molecule has 1 aromatic heterocycles. The summed E-state index contributed by atoms with van der Waals surface area (Å²) >= 11 is 0. The van der Waals surface area contributed by atoms with Gasteiger partial charge in [-0.25, -0.2) is 9.78 Å². The molecule has 1 aliphatic rings. The van der Waals surface area contributed by atoms with Crippen molar-refractivity contribution in [1.82, 2.24) is 14.9 Å². The van der Waals surface area contributed by atoms with Crippen LogP contribution in [0.25, 0.3) is 11.0 Å². The zero-order valence-electron chi connectivity index (χ0n) is 14.4. The number of urea groups is 1. The first-order valence-electron chi connectivity index (χ1n) is 8.79. The van der Waals surface area contributed by atoms with Crippen LogP contribution in [-0.4, -0.2) is 28.7 Å². The molecule has 0 saturated carbocycles. The molecule has 5 nitrogen and oxygen atoms in total. The highest BCUT2D eigenvalue weighted by molar-refractivity contribution is 5.94. The van der Waals surface area contributed by atoms with E-state index in [-0.39, 0.29) is 6.03 Å². The van der Waals surface area contributed by atoms with E-state index in [2.05, 4.69) is 27.0 Å². The molecule has 0 aliphatic carbocycles. The van der Waals surface area contributed by atoms with Gasteiger partial charge in [0, 0.05) is 25.3 Å². The lowest BCUT2D eigenvalue weighted by Crippen LogP contribution is -2.39. The highest BCUT2D eigenvalue weighted by Gasteiger charge is 2.23. The van der Waals surface area contributed by atoms with Gasteiger partial charge in [-0.1, -0.05) is 30.3 Å². The van der Waals surface area contributed by atoms with Gasteiger partial charge in [0.2, 0.25) is 0 Å². The van der Waals surface area contributed by atoms with E-state index in [1.165, 1.54) is 5.56 Å². The fraction of sp³-hybridized carbons (Fsp3) is 0.300. The first-order valence-corrected chi connectivity index (χ1v) is 8.79. The molecule has 25 heavy (non-hydrogen) atoms. The van der Waals surface area contributed by atoms with Crippen LogP contribution in [0.2, 0.25) is 0 Å². The molecule has 5 heteroatoms. The van der Waals surface area contributed by atoms with Crippen LogP contribution >= 0.6 is 0 Å². The lowest BCUT2D eigenvalue weighted by Gasteiger charge is -2.18. The number of fused-ring (bicyclic) bond motifs is 2. The third kappa shape index (κ3) is 2.97. The summed E-state index contributed by atoms with van der Waals surface area (Å²) in [5.74, 6) is 1.01. The minimum atomic E-state index is -0.00263. The van der Waals surface area contributed by atoms with Crippen molar-refractivity contribution in [1.29, 1.82) is 0 Å². The van der Waals surface area contributed by atoms with Crippen molar-refractivity contribution >= 4 is 22.8 Å². The molecule has 0 atom stereocenters. The summed E-state index contributed by atoms with van der Waals surface area (Å²) in [7, 11) is 0. The summed E-state index contributed by atoms with van der Waals surface area (Å²) in [6.45, 7) is 4.29. The van der Waals surface area contributed by atoms with Crippen LogP contribution in [0.1, 0.15) is 17.8 Å². The number of nitrogens with one attached hydrogen (secondary N) is 1. The normalized spacial score (nSPS) is 13.2. The van der Waals surface area contributed by atoms with E-state index in [0.29, 0.717) is 6.54 Å². The first-order chi connectivity index (χ1) is 12.2. The number of rotatable bonds is 4. The quantitative estimate of drug-likeness (QED) is 0.742. The van der Waals surface area contributed by atoms with Crippen molar-refractivity contribution in [2.45, 2.75) is 26.3 Å². The fourth-order valence-electron chi connectivity index (χ4n) is 3.56. The molecule has 0 fully saturated rings. The summed E-state index contributed by atoms with van der Waals surface area (Å²) in [4.78, 5) is 18.9. The van der Waals surface area contributed by atoms with Crippen molar-refractivity contribution < 1.29 is 4.79 Å². The Bertz CT molecular complexity index is 915. The Morgan fingerprint density at radius 2 is 1.96 bits per heavy atom. The average Bonchev–Trinajstić information content (AvgIpc) is 3.19. The second-order valence-corrected chi connectivity index (χ2v) is 6.42. The van der Waals surface area contributed by atoms with Crippen molar-refractivity contribution in [2.75, 3.05) is 18.0 Å². The van der Waals surface area contributed by atoms with Gasteiger partial charge in [0.1, 0.15) is 5.82 Å². The monoisotopic (exact) mass is 334 g/mol. The molecule has 128 valence electrons. The van der Waals surface area contributed by atoms with E-state index in [0.717, 1.165) is 48.5 Å². The number of hydrogen-bond acceptors (Lipinski definition) is 2. The predicted octanol–water partition coefficient (Wildman–Crippen LogP) is 3.51. The number of carbonyl (C=O) groups is 1. The molecule has 0 bridgehead atoms. The zero-order valence-corrected chi connectivity index (χ0v) is 14.4. The van der Waals surface area contributed by atoms with Crippen molar-refractivity contribution in [3.8, 4) is 0 Å². The van der Waals surface area contributed by atoms with Crippen LogP contribution in [0.3, 0.4) is 0 Å². The number of para-hydroxylation sites is 3. The van der Waals surface area contributed by atoms with Crippen LogP contribution < -0.4 is 10.2 Å². The summed E-state index contributed by atoms with van der Waals surface area (Å²) < 4.78 is 2.21. The largest absolute Gasteiger partial charge is 0.338 e. The lowest BCUT2D eigenvalue weighted by atomic mass is 10.2. The molecule has 0 saturated heterocycles. The summed E-state index contributed by atoms with van der Waals surface area (Å²) in [6.07, 6.45) is 1.81.